The van der Waals surface area contributed by atoms with Gasteiger partial charge in [0.1, 0.15) is 12.1 Å². The van der Waals surface area contributed by atoms with E-state index < -0.39 is 0 Å². The highest BCUT2D eigenvalue weighted by Crippen LogP contribution is 2.42. The van der Waals surface area contributed by atoms with Gasteiger partial charge in [-0.25, -0.2) is 4.98 Å². The molecule has 0 unspecified atom stereocenters. The molecular formula is C30H17N5. The zero-order chi connectivity index (χ0) is 24.4. The Labute approximate surface area is 203 Å². The van der Waals surface area contributed by atoms with Crippen molar-refractivity contribution in [1.29, 1.82) is 21.0 Å². The fourth-order valence-electron chi connectivity index (χ4n) is 4.25. The molecule has 1 aromatic heterocycles. The lowest BCUT2D eigenvalue weighted by Crippen LogP contribution is -2.02. The van der Waals surface area contributed by atoms with Gasteiger partial charge in [0.15, 0.2) is 0 Å². The summed E-state index contributed by atoms with van der Waals surface area (Å²) >= 11 is 0. The Kier molecular flexibility index (Phi) is 5.53. The summed E-state index contributed by atoms with van der Waals surface area (Å²) in [6.07, 6.45) is 2.38. The molecule has 1 aliphatic rings. The van der Waals surface area contributed by atoms with Crippen LogP contribution in [0.5, 0.6) is 0 Å². The Morgan fingerprint density at radius 2 is 0.971 bits per heavy atom. The van der Waals surface area contributed by atoms with E-state index in [0.29, 0.717) is 56.2 Å². The third-order valence-corrected chi connectivity index (χ3v) is 6.24. The van der Waals surface area contributed by atoms with Crippen LogP contribution in [0, 0.1) is 45.3 Å². The number of hydrogen-bond acceptors (Lipinski definition) is 5. The second kappa shape index (κ2) is 8.96. The lowest BCUT2D eigenvalue weighted by Gasteiger charge is -2.16. The van der Waals surface area contributed by atoms with E-state index in [1.165, 1.54) is 18.4 Å². The van der Waals surface area contributed by atoms with Crippen molar-refractivity contribution < 1.29 is 0 Å². The minimum atomic E-state index is 0.308. The van der Waals surface area contributed by atoms with Crippen LogP contribution in [0.1, 0.15) is 46.6 Å². The first-order valence-electron chi connectivity index (χ1n) is 11.2. The molecule has 0 radical (unpaired) electrons. The standard InChI is InChI=1S/C30H17N5/c31-15-19-1-5-24(6-2-19)29-26(17-33)28(23-13-11-22(12-14-23)21-9-10-21)27(18-34)30(35-29)25-7-3-20(16-32)4-8-25/h1-8,11-14,21H,9-10H2. The molecule has 0 saturated heterocycles. The predicted molar refractivity (Wildman–Crippen MR) is 131 cm³/mol. The molecule has 0 N–H and O–H groups in total. The van der Waals surface area contributed by atoms with Crippen molar-refractivity contribution in [3.63, 3.8) is 0 Å². The number of aromatic nitrogens is 1. The highest BCUT2D eigenvalue weighted by molar-refractivity contribution is 5.89. The molecule has 1 saturated carbocycles. The van der Waals surface area contributed by atoms with Gasteiger partial charge in [0.2, 0.25) is 0 Å². The van der Waals surface area contributed by atoms with Gasteiger partial charge in [-0.2, -0.15) is 21.0 Å². The summed E-state index contributed by atoms with van der Waals surface area (Å²) in [6, 6.07) is 30.6. The van der Waals surface area contributed by atoms with Gasteiger partial charge >= 0.3 is 0 Å². The number of nitrogens with zero attached hydrogens (tertiary/aromatic N) is 5. The van der Waals surface area contributed by atoms with Gasteiger partial charge in [-0.1, -0.05) is 48.5 Å². The average Bonchev–Trinajstić information content (AvgIpc) is 3.78. The summed E-state index contributed by atoms with van der Waals surface area (Å²) < 4.78 is 0. The van der Waals surface area contributed by atoms with Gasteiger partial charge < -0.3 is 0 Å². The quantitative estimate of drug-likeness (QED) is 0.357. The molecular weight excluding hydrogens is 430 g/mol. The molecule has 1 fully saturated rings. The van der Waals surface area contributed by atoms with Crippen LogP contribution >= 0.6 is 0 Å². The van der Waals surface area contributed by atoms with Gasteiger partial charge in [0.25, 0.3) is 0 Å². The summed E-state index contributed by atoms with van der Waals surface area (Å²) in [5.74, 6) is 0.593. The summed E-state index contributed by atoms with van der Waals surface area (Å²) in [4.78, 5) is 4.80. The Morgan fingerprint density at radius 3 is 1.34 bits per heavy atom. The molecule has 4 aromatic rings. The van der Waals surface area contributed by atoms with E-state index in [2.05, 4.69) is 36.4 Å². The first-order chi connectivity index (χ1) is 17.2. The number of hydrogen-bond donors (Lipinski definition) is 0. The van der Waals surface area contributed by atoms with E-state index in [9.17, 15) is 21.0 Å². The van der Waals surface area contributed by atoms with Crippen LogP contribution in [0.4, 0.5) is 0 Å². The van der Waals surface area contributed by atoms with Gasteiger partial charge in [-0.3, -0.25) is 0 Å². The lowest BCUT2D eigenvalue weighted by molar-refractivity contribution is 1.13. The minimum Gasteiger partial charge on any atom is -0.245 e. The third kappa shape index (κ3) is 4.00. The van der Waals surface area contributed by atoms with Crippen LogP contribution in [0.15, 0.2) is 72.8 Å². The normalized spacial score (nSPS) is 12.1. The molecule has 5 rings (SSSR count). The van der Waals surface area contributed by atoms with E-state index in [4.69, 9.17) is 4.98 Å². The van der Waals surface area contributed by atoms with Crippen molar-refractivity contribution in [2.75, 3.05) is 0 Å². The predicted octanol–water partition coefficient (Wildman–Crippen LogP) is 6.45. The van der Waals surface area contributed by atoms with E-state index in [1.807, 2.05) is 12.1 Å². The molecule has 0 spiro atoms. The lowest BCUT2D eigenvalue weighted by atomic mass is 9.89. The zero-order valence-electron chi connectivity index (χ0n) is 18.7. The Hall–Kier alpha value is -5.23. The zero-order valence-corrected chi connectivity index (χ0v) is 18.7. The summed E-state index contributed by atoms with van der Waals surface area (Å²) in [5, 5.41) is 38.8. The number of nitriles is 4. The topological polar surface area (TPSA) is 108 Å². The summed E-state index contributed by atoms with van der Waals surface area (Å²) in [7, 11) is 0. The Bertz CT molecular complexity index is 1500. The average molecular weight is 448 g/mol. The van der Waals surface area contributed by atoms with Crippen molar-refractivity contribution in [1.82, 2.24) is 4.98 Å². The highest BCUT2D eigenvalue weighted by Gasteiger charge is 2.25. The van der Waals surface area contributed by atoms with Crippen molar-refractivity contribution in [2.45, 2.75) is 18.8 Å². The fourth-order valence-corrected chi connectivity index (χ4v) is 4.25. The van der Waals surface area contributed by atoms with E-state index in [-0.39, 0.29) is 0 Å². The molecule has 1 aliphatic carbocycles. The van der Waals surface area contributed by atoms with Crippen LogP contribution in [-0.4, -0.2) is 4.98 Å². The fraction of sp³-hybridized carbons (Fsp3) is 0.100. The van der Waals surface area contributed by atoms with Crippen molar-refractivity contribution >= 4 is 0 Å². The smallest absolute Gasteiger partial charge is 0.102 e. The molecule has 5 heteroatoms. The second-order valence-electron chi connectivity index (χ2n) is 8.43. The molecule has 0 aliphatic heterocycles. The van der Waals surface area contributed by atoms with Crippen molar-refractivity contribution in [2.24, 2.45) is 0 Å². The summed E-state index contributed by atoms with van der Waals surface area (Å²) in [6.45, 7) is 0. The monoisotopic (exact) mass is 447 g/mol. The van der Waals surface area contributed by atoms with Crippen molar-refractivity contribution in [3.8, 4) is 57.9 Å². The largest absolute Gasteiger partial charge is 0.245 e. The van der Waals surface area contributed by atoms with Crippen molar-refractivity contribution in [3.05, 3.63) is 101 Å². The maximum Gasteiger partial charge on any atom is 0.102 e. The first-order valence-corrected chi connectivity index (χ1v) is 11.2. The molecule has 162 valence electrons. The van der Waals surface area contributed by atoms with Gasteiger partial charge in [0.05, 0.1) is 45.8 Å². The Morgan fingerprint density at radius 1 is 0.543 bits per heavy atom. The van der Waals surface area contributed by atoms with Crippen LogP contribution in [0.3, 0.4) is 0 Å². The minimum absolute atomic E-state index is 0.308. The van der Waals surface area contributed by atoms with Crippen LogP contribution in [0.2, 0.25) is 0 Å². The first kappa shape index (κ1) is 21.6. The van der Waals surface area contributed by atoms with Crippen LogP contribution in [0.25, 0.3) is 33.6 Å². The maximum absolute atomic E-state index is 10.2. The SMILES string of the molecule is N#Cc1ccc(-c2nc(-c3ccc(C#N)cc3)c(C#N)c(-c3ccc(C4CC4)cc3)c2C#N)cc1. The molecule has 0 amide bonds. The molecule has 5 nitrogen and oxygen atoms in total. The molecule has 35 heavy (non-hydrogen) atoms. The van der Waals surface area contributed by atoms with Crippen LogP contribution in [-0.2, 0) is 0 Å². The number of rotatable bonds is 4. The van der Waals surface area contributed by atoms with E-state index >= 15 is 0 Å². The highest BCUT2D eigenvalue weighted by atomic mass is 14.7. The molecule has 0 bridgehead atoms. The maximum atomic E-state index is 10.2. The summed E-state index contributed by atoms with van der Waals surface area (Å²) in [5.41, 5.74) is 6.43. The molecule has 0 atom stereocenters. The number of pyridine rings is 1. The van der Waals surface area contributed by atoms with Gasteiger partial charge in [-0.05, 0) is 54.2 Å². The van der Waals surface area contributed by atoms with E-state index in [1.54, 1.807) is 48.5 Å². The van der Waals surface area contributed by atoms with E-state index in [0.717, 1.165) is 5.56 Å². The van der Waals surface area contributed by atoms with Gasteiger partial charge in [0, 0.05) is 16.7 Å². The Balaban J connectivity index is 1.80. The second-order valence-corrected chi connectivity index (χ2v) is 8.43. The third-order valence-electron chi connectivity index (χ3n) is 6.24. The molecule has 3 aromatic carbocycles. The number of benzene rings is 3. The van der Waals surface area contributed by atoms with Crippen LogP contribution < -0.4 is 0 Å². The molecule has 1 heterocycles. The van der Waals surface area contributed by atoms with Gasteiger partial charge in [-0.15, -0.1) is 0 Å².